The number of anilines is 1. The molecule has 3 aromatic rings. The molecule has 2 saturated carbocycles. The van der Waals surface area contributed by atoms with Crippen LogP contribution in [0.3, 0.4) is 0 Å². The molecule has 0 spiro atoms. The number of fused-ring (bicyclic) bond motifs is 1. The molecule has 2 aliphatic rings. The smallest absolute Gasteiger partial charge is 0.251 e. The second-order valence-corrected chi connectivity index (χ2v) is 8.81. The van der Waals surface area contributed by atoms with Crippen LogP contribution >= 0.6 is 11.3 Å². The Bertz CT molecular complexity index is 989. The number of hydrogen-bond donors (Lipinski definition) is 1. The van der Waals surface area contributed by atoms with Crippen LogP contribution < -0.4 is 10.2 Å². The quantitative estimate of drug-likeness (QED) is 0.703. The fourth-order valence-corrected chi connectivity index (χ4v) is 4.25. The number of benzene rings is 1. The Kier molecular flexibility index (Phi) is 4.08. The van der Waals surface area contributed by atoms with E-state index in [4.69, 9.17) is 0 Å². The van der Waals surface area contributed by atoms with Gasteiger partial charge in [0.05, 0.1) is 5.39 Å². The maximum Gasteiger partial charge on any atom is 0.251 e. The minimum atomic E-state index is 0.0364. The number of rotatable bonds is 6. The molecule has 0 unspecified atom stereocenters. The van der Waals surface area contributed by atoms with E-state index in [1.165, 1.54) is 23.3 Å². The lowest BCUT2D eigenvalue weighted by molar-refractivity contribution is 0.0951. The Morgan fingerprint density at radius 3 is 2.67 bits per heavy atom. The molecule has 1 amide bonds. The molecule has 5 rings (SSSR count). The van der Waals surface area contributed by atoms with E-state index in [1.54, 1.807) is 17.7 Å². The van der Waals surface area contributed by atoms with Crippen molar-refractivity contribution in [2.45, 2.75) is 51.2 Å². The highest BCUT2D eigenvalue weighted by atomic mass is 32.1. The van der Waals surface area contributed by atoms with Gasteiger partial charge in [-0.3, -0.25) is 4.79 Å². The van der Waals surface area contributed by atoms with E-state index in [-0.39, 0.29) is 5.91 Å². The van der Waals surface area contributed by atoms with Crippen molar-refractivity contribution < 1.29 is 4.79 Å². The summed E-state index contributed by atoms with van der Waals surface area (Å²) >= 11 is 1.71. The first kappa shape index (κ1) is 16.7. The van der Waals surface area contributed by atoms with Gasteiger partial charge in [0.15, 0.2) is 0 Å². The molecular formula is C21H22N4OS. The lowest BCUT2D eigenvalue weighted by Crippen LogP contribution is -2.27. The topological polar surface area (TPSA) is 58.1 Å². The van der Waals surface area contributed by atoms with Crippen LogP contribution in [-0.2, 0) is 6.54 Å². The second-order valence-electron chi connectivity index (χ2n) is 7.58. The Morgan fingerprint density at radius 2 is 1.96 bits per heavy atom. The molecule has 1 N–H and O–H groups in total. The van der Waals surface area contributed by atoms with E-state index in [1.807, 2.05) is 12.1 Å². The number of nitrogens with one attached hydrogen (secondary N) is 1. The van der Waals surface area contributed by atoms with Crippen LogP contribution in [0.1, 0.15) is 46.5 Å². The molecule has 1 aromatic carbocycles. The summed E-state index contributed by atoms with van der Waals surface area (Å²) in [5.41, 5.74) is 1.94. The Labute approximate surface area is 162 Å². The molecule has 2 heterocycles. The van der Waals surface area contributed by atoms with Gasteiger partial charge < -0.3 is 10.2 Å². The predicted molar refractivity (Wildman–Crippen MR) is 108 cm³/mol. The zero-order valence-corrected chi connectivity index (χ0v) is 16.1. The predicted octanol–water partition coefficient (Wildman–Crippen LogP) is 4.06. The van der Waals surface area contributed by atoms with Crippen molar-refractivity contribution in [1.82, 2.24) is 15.3 Å². The standard InChI is InChI=1S/C21H22N4OS/c1-13-10-18-19(22-12-23-21(18)27-13)25(17-8-9-17)11-14-2-4-15(5-3-14)20(26)24-16-6-7-16/h2-5,10,12,16-17H,6-9,11H2,1H3,(H,24,26). The van der Waals surface area contributed by atoms with Crippen molar-refractivity contribution >= 4 is 33.3 Å². The normalized spacial score (nSPS) is 16.5. The van der Waals surface area contributed by atoms with Crippen molar-refractivity contribution in [2.75, 3.05) is 4.90 Å². The van der Waals surface area contributed by atoms with Gasteiger partial charge in [-0.1, -0.05) is 12.1 Å². The Balaban J connectivity index is 1.39. The monoisotopic (exact) mass is 378 g/mol. The molecule has 2 aliphatic carbocycles. The Morgan fingerprint density at radius 1 is 1.19 bits per heavy atom. The van der Waals surface area contributed by atoms with Crippen LogP contribution in [-0.4, -0.2) is 28.0 Å². The number of thiophene rings is 1. The van der Waals surface area contributed by atoms with Crippen LogP contribution in [0, 0.1) is 6.92 Å². The van der Waals surface area contributed by atoms with E-state index in [0.29, 0.717) is 12.1 Å². The molecule has 2 aromatic heterocycles. The highest BCUT2D eigenvalue weighted by molar-refractivity contribution is 7.18. The van der Waals surface area contributed by atoms with Crippen molar-refractivity contribution in [2.24, 2.45) is 0 Å². The van der Waals surface area contributed by atoms with Crippen molar-refractivity contribution in [3.63, 3.8) is 0 Å². The number of nitrogens with zero attached hydrogens (tertiary/aromatic N) is 3. The molecule has 0 aliphatic heterocycles. The van der Waals surface area contributed by atoms with Gasteiger partial charge in [0.25, 0.3) is 5.91 Å². The second kappa shape index (κ2) is 6.60. The maximum atomic E-state index is 12.2. The molecule has 6 heteroatoms. The van der Waals surface area contributed by atoms with E-state index in [9.17, 15) is 4.79 Å². The van der Waals surface area contributed by atoms with Gasteiger partial charge in [-0.15, -0.1) is 11.3 Å². The van der Waals surface area contributed by atoms with Gasteiger partial charge in [-0.05, 0) is 56.4 Å². The summed E-state index contributed by atoms with van der Waals surface area (Å²) in [6, 6.07) is 11.1. The van der Waals surface area contributed by atoms with Gasteiger partial charge in [-0.2, -0.15) is 0 Å². The molecule has 27 heavy (non-hydrogen) atoms. The first-order valence-corrected chi connectivity index (χ1v) is 10.4. The minimum absolute atomic E-state index is 0.0364. The fourth-order valence-electron chi connectivity index (χ4n) is 3.41. The van der Waals surface area contributed by atoms with Crippen molar-refractivity contribution in [1.29, 1.82) is 0 Å². The number of aromatic nitrogens is 2. The molecule has 0 saturated heterocycles. The highest BCUT2D eigenvalue weighted by Crippen LogP contribution is 2.37. The zero-order chi connectivity index (χ0) is 18.4. The van der Waals surface area contributed by atoms with Crippen LogP contribution in [0.25, 0.3) is 10.2 Å². The average molecular weight is 379 g/mol. The number of carbonyl (C=O) groups excluding carboxylic acids is 1. The molecule has 0 atom stereocenters. The van der Waals surface area contributed by atoms with E-state index in [0.717, 1.165) is 41.0 Å². The van der Waals surface area contributed by atoms with Crippen LogP contribution in [0.2, 0.25) is 0 Å². The lowest BCUT2D eigenvalue weighted by Gasteiger charge is -2.24. The molecule has 0 radical (unpaired) electrons. The third-order valence-electron chi connectivity index (χ3n) is 5.17. The van der Waals surface area contributed by atoms with Crippen LogP contribution in [0.5, 0.6) is 0 Å². The summed E-state index contributed by atoms with van der Waals surface area (Å²) in [7, 11) is 0. The molecular weight excluding hydrogens is 356 g/mol. The molecule has 5 nitrogen and oxygen atoms in total. The van der Waals surface area contributed by atoms with Gasteiger partial charge in [0.1, 0.15) is 17.0 Å². The first-order chi connectivity index (χ1) is 13.2. The SMILES string of the molecule is Cc1cc2c(N(Cc3ccc(C(=O)NC4CC4)cc3)C3CC3)ncnc2s1. The highest BCUT2D eigenvalue weighted by Gasteiger charge is 2.31. The first-order valence-electron chi connectivity index (χ1n) is 9.55. The zero-order valence-electron chi connectivity index (χ0n) is 15.3. The van der Waals surface area contributed by atoms with Gasteiger partial charge in [-0.25, -0.2) is 9.97 Å². The summed E-state index contributed by atoms with van der Waals surface area (Å²) < 4.78 is 0. The summed E-state index contributed by atoms with van der Waals surface area (Å²) in [5.74, 6) is 1.07. The number of carbonyl (C=O) groups is 1. The number of aryl methyl sites for hydroxylation is 1. The third kappa shape index (κ3) is 3.54. The van der Waals surface area contributed by atoms with Crippen LogP contribution in [0.15, 0.2) is 36.7 Å². The van der Waals surface area contributed by atoms with Gasteiger partial charge in [0.2, 0.25) is 0 Å². The third-order valence-corrected chi connectivity index (χ3v) is 6.13. The van der Waals surface area contributed by atoms with Crippen LogP contribution in [0.4, 0.5) is 5.82 Å². The number of amides is 1. The van der Waals surface area contributed by atoms with E-state index in [2.05, 4.69) is 45.3 Å². The lowest BCUT2D eigenvalue weighted by atomic mass is 10.1. The minimum Gasteiger partial charge on any atom is -0.349 e. The van der Waals surface area contributed by atoms with Crippen molar-refractivity contribution in [3.05, 3.63) is 52.7 Å². The average Bonchev–Trinajstić information content (AvgIpc) is 3.58. The van der Waals surface area contributed by atoms with Gasteiger partial charge >= 0.3 is 0 Å². The van der Waals surface area contributed by atoms with Gasteiger partial charge in [0, 0.05) is 29.1 Å². The Hall–Kier alpha value is -2.47. The number of hydrogen-bond acceptors (Lipinski definition) is 5. The molecule has 2 fully saturated rings. The maximum absolute atomic E-state index is 12.2. The summed E-state index contributed by atoms with van der Waals surface area (Å²) in [5, 5.41) is 4.19. The molecule has 0 bridgehead atoms. The largest absolute Gasteiger partial charge is 0.349 e. The van der Waals surface area contributed by atoms with E-state index < -0.39 is 0 Å². The fraction of sp³-hybridized carbons (Fsp3) is 0.381. The summed E-state index contributed by atoms with van der Waals surface area (Å²) in [4.78, 5) is 25.9. The summed E-state index contributed by atoms with van der Waals surface area (Å²) in [6.45, 7) is 2.92. The summed E-state index contributed by atoms with van der Waals surface area (Å²) in [6.07, 6.45) is 6.30. The van der Waals surface area contributed by atoms with Crippen molar-refractivity contribution in [3.8, 4) is 0 Å². The van der Waals surface area contributed by atoms with E-state index >= 15 is 0 Å². The molecule has 138 valence electrons.